The summed E-state index contributed by atoms with van der Waals surface area (Å²) < 4.78 is 5.66. The van der Waals surface area contributed by atoms with Crippen LogP contribution in [0.1, 0.15) is 18.1 Å². The largest absolute Gasteiger partial charge is 0.424 e. The lowest BCUT2D eigenvalue weighted by molar-refractivity contribution is 0.436. The van der Waals surface area contributed by atoms with Gasteiger partial charge in [0.05, 0.1) is 0 Å². The third-order valence-electron chi connectivity index (χ3n) is 2.39. The van der Waals surface area contributed by atoms with E-state index in [0.29, 0.717) is 6.01 Å². The van der Waals surface area contributed by atoms with Gasteiger partial charge in [-0.1, -0.05) is 41.1 Å². The Morgan fingerprint density at radius 3 is 2.53 bits per heavy atom. The van der Waals surface area contributed by atoms with Gasteiger partial charge in [-0.2, -0.15) is 0 Å². The summed E-state index contributed by atoms with van der Waals surface area (Å²) in [6.45, 7) is 2.09. The Bertz CT molecular complexity index is 485. The summed E-state index contributed by atoms with van der Waals surface area (Å²) >= 11 is 3.35. The average Bonchev–Trinajstić information content (AvgIpc) is 2.40. The smallest absolute Gasteiger partial charge is 0.321 e. The van der Waals surface area contributed by atoms with E-state index in [9.17, 15) is 0 Å². The molecule has 0 aliphatic carbocycles. The third-order valence-corrected chi connectivity index (χ3v) is 3.04. The van der Waals surface area contributed by atoms with Crippen LogP contribution in [0.4, 0.5) is 0 Å². The lowest BCUT2D eigenvalue weighted by atomic mass is 10.1. The van der Waals surface area contributed by atoms with Crippen LogP contribution >= 0.6 is 15.9 Å². The maximum Gasteiger partial charge on any atom is 0.321 e. The van der Waals surface area contributed by atoms with Gasteiger partial charge in [-0.15, -0.1) is 0 Å². The molecule has 0 fully saturated rings. The summed E-state index contributed by atoms with van der Waals surface area (Å²) in [5, 5.41) is 0.749. The van der Waals surface area contributed by atoms with Gasteiger partial charge in [0.2, 0.25) is 0 Å². The Balaban J connectivity index is 2.19. The van der Waals surface area contributed by atoms with Crippen molar-refractivity contribution in [3.05, 3.63) is 47.8 Å². The molecule has 1 heterocycles. The number of alkyl halides is 1. The molecule has 0 spiro atoms. The first-order valence-corrected chi connectivity index (χ1v) is 6.58. The van der Waals surface area contributed by atoms with Crippen LogP contribution < -0.4 is 4.74 Å². The molecule has 0 N–H and O–H groups in total. The highest BCUT2D eigenvalue weighted by Crippen LogP contribution is 2.22. The standard InChI is InChI=1S/C13H13BrN2O/c1-2-11-5-3-4-6-12(11)17-13-15-8-10(7-14)9-16-13/h3-6,8-9H,2,7H2,1H3. The van der Waals surface area contributed by atoms with Crippen LogP contribution in [0.3, 0.4) is 0 Å². The minimum absolute atomic E-state index is 0.385. The molecule has 1 aromatic heterocycles. The van der Waals surface area contributed by atoms with Crippen molar-refractivity contribution in [2.24, 2.45) is 0 Å². The molecule has 4 heteroatoms. The summed E-state index contributed by atoms with van der Waals surface area (Å²) in [5.74, 6) is 0.821. The fourth-order valence-corrected chi connectivity index (χ4v) is 1.75. The van der Waals surface area contributed by atoms with E-state index < -0.39 is 0 Å². The number of nitrogens with zero attached hydrogens (tertiary/aromatic N) is 2. The first-order valence-electron chi connectivity index (χ1n) is 5.46. The lowest BCUT2D eigenvalue weighted by Crippen LogP contribution is -1.95. The van der Waals surface area contributed by atoms with Gasteiger partial charge in [-0.3, -0.25) is 0 Å². The highest BCUT2D eigenvalue weighted by Gasteiger charge is 2.04. The normalized spacial score (nSPS) is 10.2. The molecule has 0 radical (unpaired) electrons. The molecule has 0 unspecified atom stereocenters. The van der Waals surface area contributed by atoms with Gasteiger partial charge in [0.1, 0.15) is 5.75 Å². The van der Waals surface area contributed by atoms with Crippen molar-refractivity contribution in [2.45, 2.75) is 18.7 Å². The Morgan fingerprint density at radius 1 is 1.18 bits per heavy atom. The molecule has 17 heavy (non-hydrogen) atoms. The number of hydrogen-bond donors (Lipinski definition) is 0. The molecular formula is C13H13BrN2O. The number of benzene rings is 1. The number of aryl methyl sites for hydroxylation is 1. The number of aromatic nitrogens is 2. The quantitative estimate of drug-likeness (QED) is 0.806. The second-order valence-electron chi connectivity index (χ2n) is 3.57. The minimum Gasteiger partial charge on any atom is -0.424 e. The second kappa shape index (κ2) is 5.77. The maximum atomic E-state index is 5.66. The summed E-state index contributed by atoms with van der Waals surface area (Å²) in [5.41, 5.74) is 2.18. The Kier molecular flexibility index (Phi) is 4.09. The zero-order chi connectivity index (χ0) is 12.1. The van der Waals surface area contributed by atoms with Gasteiger partial charge in [0, 0.05) is 17.7 Å². The van der Waals surface area contributed by atoms with E-state index in [0.717, 1.165) is 28.6 Å². The van der Waals surface area contributed by atoms with Crippen LogP contribution in [0.15, 0.2) is 36.7 Å². The molecule has 88 valence electrons. The van der Waals surface area contributed by atoms with Crippen molar-refractivity contribution in [3.63, 3.8) is 0 Å². The van der Waals surface area contributed by atoms with E-state index in [4.69, 9.17) is 4.74 Å². The number of ether oxygens (including phenoxy) is 1. The summed E-state index contributed by atoms with van der Waals surface area (Å²) in [6, 6.07) is 8.31. The topological polar surface area (TPSA) is 35.0 Å². The predicted octanol–water partition coefficient (Wildman–Crippen LogP) is 3.73. The Morgan fingerprint density at radius 2 is 1.88 bits per heavy atom. The zero-order valence-corrected chi connectivity index (χ0v) is 11.1. The van der Waals surface area contributed by atoms with E-state index in [1.807, 2.05) is 24.3 Å². The van der Waals surface area contributed by atoms with Crippen molar-refractivity contribution in [3.8, 4) is 11.8 Å². The molecule has 0 saturated carbocycles. The van der Waals surface area contributed by atoms with E-state index in [1.54, 1.807) is 12.4 Å². The van der Waals surface area contributed by atoms with Crippen LogP contribution in [0.5, 0.6) is 11.8 Å². The van der Waals surface area contributed by atoms with Gasteiger partial charge < -0.3 is 4.74 Å². The fraction of sp³-hybridized carbons (Fsp3) is 0.231. The summed E-state index contributed by atoms with van der Waals surface area (Å²) in [6.07, 6.45) is 4.44. The van der Waals surface area contributed by atoms with Gasteiger partial charge in [0.15, 0.2) is 0 Å². The van der Waals surface area contributed by atoms with Crippen LogP contribution in [0.2, 0.25) is 0 Å². The van der Waals surface area contributed by atoms with Crippen LogP contribution in [-0.4, -0.2) is 9.97 Å². The fourth-order valence-electron chi connectivity index (χ4n) is 1.46. The monoisotopic (exact) mass is 292 g/mol. The maximum absolute atomic E-state index is 5.66. The number of hydrogen-bond acceptors (Lipinski definition) is 3. The van der Waals surface area contributed by atoms with E-state index in [1.165, 1.54) is 0 Å². The van der Waals surface area contributed by atoms with E-state index in [2.05, 4.69) is 32.8 Å². The SMILES string of the molecule is CCc1ccccc1Oc1ncc(CBr)cn1. The van der Waals surface area contributed by atoms with Crippen molar-refractivity contribution in [2.75, 3.05) is 0 Å². The molecule has 0 saturated heterocycles. The van der Waals surface area contributed by atoms with E-state index >= 15 is 0 Å². The Hall–Kier alpha value is -1.42. The zero-order valence-electron chi connectivity index (χ0n) is 9.56. The van der Waals surface area contributed by atoms with Gasteiger partial charge in [-0.05, 0) is 23.6 Å². The first-order chi connectivity index (χ1) is 8.33. The van der Waals surface area contributed by atoms with Crippen molar-refractivity contribution >= 4 is 15.9 Å². The molecule has 0 atom stereocenters. The predicted molar refractivity (Wildman–Crippen MR) is 70.6 cm³/mol. The minimum atomic E-state index is 0.385. The molecule has 0 aliphatic heterocycles. The highest BCUT2D eigenvalue weighted by atomic mass is 79.9. The van der Waals surface area contributed by atoms with Crippen molar-refractivity contribution < 1.29 is 4.74 Å². The lowest BCUT2D eigenvalue weighted by Gasteiger charge is -2.07. The molecule has 0 aliphatic rings. The molecule has 2 aromatic rings. The average molecular weight is 293 g/mol. The Labute approximate surface area is 109 Å². The second-order valence-corrected chi connectivity index (χ2v) is 4.13. The molecule has 1 aromatic carbocycles. The molecule has 0 bridgehead atoms. The van der Waals surface area contributed by atoms with Crippen molar-refractivity contribution in [1.29, 1.82) is 0 Å². The molecule has 3 nitrogen and oxygen atoms in total. The molecule has 2 rings (SSSR count). The summed E-state index contributed by atoms with van der Waals surface area (Å²) in [4.78, 5) is 8.31. The van der Waals surface area contributed by atoms with Crippen molar-refractivity contribution in [1.82, 2.24) is 9.97 Å². The van der Waals surface area contributed by atoms with Gasteiger partial charge >= 0.3 is 6.01 Å². The number of para-hydroxylation sites is 1. The van der Waals surface area contributed by atoms with E-state index in [-0.39, 0.29) is 0 Å². The molecule has 0 amide bonds. The first kappa shape index (κ1) is 12.0. The summed E-state index contributed by atoms with van der Waals surface area (Å²) in [7, 11) is 0. The number of halogens is 1. The van der Waals surface area contributed by atoms with Crippen LogP contribution in [0.25, 0.3) is 0 Å². The van der Waals surface area contributed by atoms with Gasteiger partial charge in [0.25, 0.3) is 0 Å². The number of rotatable bonds is 4. The molecular weight excluding hydrogens is 280 g/mol. The van der Waals surface area contributed by atoms with Crippen LogP contribution in [0, 0.1) is 0 Å². The van der Waals surface area contributed by atoms with Crippen LogP contribution in [-0.2, 0) is 11.8 Å². The third kappa shape index (κ3) is 3.03. The van der Waals surface area contributed by atoms with Gasteiger partial charge in [-0.25, -0.2) is 9.97 Å². The highest BCUT2D eigenvalue weighted by molar-refractivity contribution is 9.08.